The van der Waals surface area contributed by atoms with Crippen LogP contribution in [0.25, 0.3) is 0 Å². The van der Waals surface area contributed by atoms with E-state index in [1.165, 1.54) is 0 Å². The zero-order valence-corrected chi connectivity index (χ0v) is 21.6. The van der Waals surface area contributed by atoms with Crippen molar-refractivity contribution in [2.75, 3.05) is 38.2 Å². The maximum Gasteiger partial charge on any atom is 0.251 e. The molecule has 11 nitrogen and oxygen atoms in total. The van der Waals surface area contributed by atoms with Gasteiger partial charge in [-0.1, -0.05) is 11.6 Å². The van der Waals surface area contributed by atoms with Crippen LogP contribution in [-0.2, 0) is 4.79 Å². The lowest BCUT2D eigenvalue weighted by molar-refractivity contribution is -0.119. The average Bonchev–Trinajstić information content (AvgIpc) is 3.59. The summed E-state index contributed by atoms with van der Waals surface area (Å²) in [4.78, 5) is 24.0. The highest BCUT2D eigenvalue weighted by atomic mass is 35.5. The molecule has 3 heterocycles. The number of amides is 1. The molecule has 12 heteroatoms. The largest absolute Gasteiger partial charge is 0.395 e. The summed E-state index contributed by atoms with van der Waals surface area (Å²) < 4.78 is 0. The number of hydrazone groups is 1. The number of amidine groups is 2. The molecule has 1 amide bonds. The maximum absolute atomic E-state index is 13.2. The topological polar surface area (TPSA) is 138 Å². The molecule has 37 heavy (non-hydrogen) atoms. The SMILES string of the molecule is O=C(Nc1ccnc(Cl)c1)C1CN=C2C(NC3CC3)=CC(N[C@H]3CC[C@H](N(CCO)CCO)CC3)=NN21. The number of halogens is 1. The number of fused-ring (bicyclic) bond motifs is 1. The number of hydrogen-bond acceptors (Lipinski definition) is 10. The molecule has 0 radical (unpaired) electrons. The molecule has 5 N–H and O–H groups in total. The Kier molecular flexibility index (Phi) is 8.23. The van der Waals surface area contributed by atoms with Crippen LogP contribution in [0.1, 0.15) is 38.5 Å². The fourth-order valence-electron chi connectivity index (χ4n) is 5.19. The first-order valence-corrected chi connectivity index (χ1v) is 13.5. The van der Waals surface area contributed by atoms with Crippen molar-refractivity contribution < 1.29 is 15.0 Å². The number of anilines is 1. The zero-order chi connectivity index (χ0) is 25.8. The van der Waals surface area contributed by atoms with Crippen molar-refractivity contribution in [1.82, 2.24) is 25.5 Å². The first-order valence-electron chi connectivity index (χ1n) is 13.1. The minimum atomic E-state index is -0.565. The molecule has 2 aliphatic carbocycles. The van der Waals surface area contributed by atoms with Crippen molar-refractivity contribution in [2.45, 2.75) is 62.7 Å². The molecule has 0 spiro atoms. The number of carbonyl (C=O) groups is 1. The number of nitrogens with one attached hydrogen (secondary N) is 3. The first-order chi connectivity index (χ1) is 18.0. The van der Waals surface area contributed by atoms with Crippen LogP contribution in [0.2, 0.25) is 5.15 Å². The number of carbonyl (C=O) groups excluding carboxylic acids is 1. The molecule has 0 saturated heterocycles. The van der Waals surface area contributed by atoms with E-state index in [9.17, 15) is 15.0 Å². The third-order valence-corrected chi connectivity index (χ3v) is 7.44. The first kappa shape index (κ1) is 25.9. The third kappa shape index (κ3) is 6.40. The summed E-state index contributed by atoms with van der Waals surface area (Å²) in [6.07, 6.45) is 9.70. The summed E-state index contributed by atoms with van der Waals surface area (Å²) >= 11 is 5.98. The second-order valence-electron chi connectivity index (χ2n) is 9.98. The molecule has 2 saturated carbocycles. The summed E-state index contributed by atoms with van der Waals surface area (Å²) in [7, 11) is 0. The number of aliphatic imine (C=N–C) groups is 1. The van der Waals surface area contributed by atoms with Gasteiger partial charge in [0.15, 0.2) is 11.9 Å². The van der Waals surface area contributed by atoms with E-state index in [0.29, 0.717) is 48.4 Å². The second-order valence-corrected chi connectivity index (χ2v) is 10.4. The molecular formula is C25H35ClN8O3. The van der Waals surface area contributed by atoms with Crippen molar-refractivity contribution in [3.8, 4) is 0 Å². The quantitative estimate of drug-likeness (QED) is 0.281. The molecule has 1 aromatic heterocycles. The Balaban J connectivity index is 1.25. The van der Waals surface area contributed by atoms with Crippen molar-refractivity contribution in [2.24, 2.45) is 10.1 Å². The van der Waals surface area contributed by atoms with Gasteiger partial charge in [0.05, 0.1) is 25.5 Å². The van der Waals surface area contributed by atoms with E-state index in [1.807, 2.05) is 6.08 Å². The molecule has 1 unspecified atom stereocenters. The van der Waals surface area contributed by atoms with E-state index in [4.69, 9.17) is 16.7 Å². The van der Waals surface area contributed by atoms with Gasteiger partial charge in [-0.15, -0.1) is 0 Å². The molecule has 5 rings (SSSR count). The Morgan fingerprint density at radius 1 is 1.08 bits per heavy atom. The van der Waals surface area contributed by atoms with Crippen LogP contribution in [0.4, 0.5) is 5.69 Å². The van der Waals surface area contributed by atoms with Gasteiger partial charge in [-0.05, 0) is 50.7 Å². The summed E-state index contributed by atoms with van der Waals surface area (Å²) in [5.74, 6) is 1.21. The fraction of sp³-hybridized carbons (Fsp3) is 0.600. The predicted molar refractivity (Wildman–Crippen MR) is 142 cm³/mol. The van der Waals surface area contributed by atoms with Gasteiger partial charge in [-0.2, -0.15) is 5.10 Å². The Morgan fingerprint density at radius 3 is 2.46 bits per heavy atom. The predicted octanol–water partition coefficient (Wildman–Crippen LogP) is 0.907. The van der Waals surface area contributed by atoms with Crippen LogP contribution in [0.15, 0.2) is 40.2 Å². The third-order valence-electron chi connectivity index (χ3n) is 7.24. The van der Waals surface area contributed by atoms with Crippen LogP contribution in [0.3, 0.4) is 0 Å². The molecule has 1 aromatic rings. The smallest absolute Gasteiger partial charge is 0.251 e. The number of pyridine rings is 1. The lowest BCUT2D eigenvalue weighted by Gasteiger charge is -2.37. The molecule has 0 bridgehead atoms. The highest BCUT2D eigenvalue weighted by Crippen LogP contribution is 2.27. The zero-order valence-electron chi connectivity index (χ0n) is 20.8. The lowest BCUT2D eigenvalue weighted by atomic mass is 9.90. The Hall–Kier alpha value is -2.73. The van der Waals surface area contributed by atoms with Crippen molar-refractivity contribution in [1.29, 1.82) is 0 Å². The highest BCUT2D eigenvalue weighted by Gasteiger charge is 2.39. The molecule has 1 atom stereocenters. The van der Waals surface area contributed by atoms with Gasteiger partial charge in [0, 0.05) is 49.2 Å². The molecule has 0 aromatic carbocycles. The van der Waals surface area contributed by atoms with Crippen molar-refractivity contribution >= 4 is 34.9 Å². The standard InChI is InChI=1S/C25H35ClN8O3/c26-22-13-18(7-8-27-22)31-25(37)21-15-28-24-20(29-16-1-2-16)14-23(32-34(21)24)30-17-3-5-19(6-4-17)33(9-11-35)10-12-36/h7-8,13-14,16-17,19,21,29,35-36H,1-6,9-12,15H2,(H,30,32)(H,27,31,37)/t17-,19-,21?. The van der Waals surface area contributed by atoms with Crippen LogP contribution in [0.5, 0.6) is 0 Å². The van der Waals surface area contributed by atoms with Crippen LogP contribution < -0.4 is 16.0 Å². The number of aliphatic hydroxyl groups excluding tert-OH is 2. The number of aromatic nitrogens is 1. The highest BCUT2D eigenvalue weighted by molar-refractivity contribution is 6.29. The van der Waals surface area contributed by atoms with E-state index < -0.39 is 6.04 Å². The summed E-state index contributed by atoms with van der Waals surface area (Å²) in [6, 6.07) is 3.80. The van der Waals surface area contributed by atoms with Crippen molar-refractivity contribution in [3.05, 3.63) is 35.3 Å². The van der Waals surface area contributed by atoms with E-state index >= 15 is 0 Å². The summed E-state index contributed by atoms with van der Waals surface area (Å²) in [5.41, 5.74) is 1.48. The number of hydrogen-bond donors (Lipinski definition) is 5. The van der Waals surface area contributed by atoms with Crippen molar-refractivity contribution in [3.63, 3.8) is 0 Å². The van der Waals surface area contributed by atoms with Crippen LogP contribution in [0, 0.1) is 0 Å². The van der Waals surface area contributed by atoms with Crippen LogP contribution >= 0.6 is 11.6 Å². The maximum atomic E-state index is 13.2. The Morgan fingerprint density at radius 2 is 1.78 bits per heavy atom. The molecular weight excluding hydrogens is 496 g/mol. The van der Waals surface area contributed by atoms with E-state index in [0.717, 1.165) is 50.1 Å². The number of rotatable bonds is 10. The minimum Gasteiger partial charge on any atom is -0.395 e. The molecule has 4 aliphatic rings. The van der Waals surface area contributed by atoms with Gasteiger partial charge in [-0.3, -0.25) is 14.7 Å². The second kappa shape index (κ2) is 11.8. The minimum absolute atomic E-state index is 0.0964. The normalized spacial score (nSPS) is 25.2. The monoisotopic (exact) mass is 530 g/mol. The Labute approximate surface area is 221 Å². The lowest BCUT2D eigenvalue weighted by Crippen LogP contribution is -2.49. The number of nitrogens with zero attached hydrogens (tertiary/aromatic N) is 5. The van der Waals surface area contributed by atoms with E-state index in [1.54, 1.807) is 23.3 Å². The van der Waals surface area contributed by atoms with Gasteiger partial charge < -0.3 is 26.2 Å². The molecule has 2 fully saturated rings. The summed E-state index contributed by atoms with van der Waals surface area (Å²) in [6.45, 7) is 1.68. The van der Waals surface area contributed by atoms with Gasteiger partial charge in [0.1, 0.15) is 11.0 Å². The molecule has 2 aliphatic heterocycles. The van der Waals surface area contributed by atoms with E-state index in [-0.39, 0.29) is 25.2 Å². The Bertz CT molecular complexity index is 1060. The van der Waals surface area contributed by atoms with Gasteiger partial charge in [-0.25, -0.2) is 9.99 Å². The van der Waals surface area contributed by atoms with Crippen LogP contribution in [-0.4, -0.2) is 99.7 Å². The van der Waals surface area contributed by atoms with Gasteiger partial charge in [0.25, 0.3) is 5.91 Å². The summed E-state index contributed by atoms with van der Waals surface area (Å²) in [5, 5.41) is 35.6. The average molecular weight is 531 g/mol. The van der Waals surface area contributed by atoms with Gasteiger partial charge >= 0.3 is 0 Å². The van der Waals surface area contributed by atoms with Gasteiger partial charge in [0.2, 0.25) is 0 Å². The fourth-order valence-corrected chi connectivity index (χ4v) is 5.37. The van der Waals surface area contributed by atoms with E-state index in [2.05, 4.69) is 30.8 Å². The molecule has 200 valence electrons. The number of aliphatic hydroxyl groups is 2.